The average Bonchev–Trinajstić information content (AvgIpc) is 3.42. The molecular formula is C64H126N4O8. The van der Waals surface area contributed by atoms with Crippen LogP contribution in [0.15, 0.2) is 0 Å². The number of rotatable bonds is 57. The zero-order valence-electron chi connectivity index (χ0n) is 51.6. The van der Waals surface area contributed by atoms with Crippen molar-refractivity contribution in [1.29, 1.82) is 0 Å². The van der Waals surface area contributed by atoms with Gasteiger partial charge >= 0.3 is 24.1 Å². The summed E-state index contributed by atoms with van der Waals surface area (Å²) in [5, 5.41) is 0. The lowest BCUT2D eigenvalue weighted by molar-refractivity contribution is -0.146. The van der Waals surface area contributed by atoms with Crippen molar-refractivity contribution < 1.29 is 38.1 Å². The van der Waals surface area contributed by atoms with Crippen LogP contribution in [0.1, 0.15) is 287 Å². The van der Waals surface area contributed by atoms with Crippen molar-refractivity contribution in [2.75, 3.05) is 91.9 Å². The van der Waals surface area contributed by atoms with E-state index in [9.17, 15) is 19.2 Å². The quantitative estimate of drug-likeness (QED) is 0.0331. The molecule has 0 N–H and O–H groups in total. The lowest BCUT2D eigenvalue weighted by atomic mass is 9.96. The van der Waals surface area contributed by atoms with E-state index in [0.717, 1.165) is 103 Å². The van der Waals surface area contributed by atoms with Gasteiger partial charge in [0.2, 0.25) is 0 Å². The predicted molar refractivity (Wildman–Crippen MR) is 319 cm³/mol. The molecule has 0 aliphatic rings. The summed E-state index contributed by atoms with van der Waals surface area (Å²) in [4.78, 5) is 61.6. The Bertz CT molecular complexity index is 1200. The Labute approximate surface area is 470 Å². The van der Waals surface area contributed by atoms with Gasteiger partial charge in [0.25, 0.3) is 0 Å². The fourth-order valence-electron chi connectivity index (χ4n) is 10.1. The second-order valence-corrected chi connectivity index (χ2v) is 22.3. The Morgan fingerprint density at radius 2 is 0.592 bits per heavy atom. The molecule has 0 heterocycles. The van der Waals surface area contributed by atoms with E-state index in [0.29, 0.717) is 90.0 Å². The zero-order chi connectivity index (χ0) is 56.0. The molecule has 0 aromatic carbocycles. The summed E-state index contributed by atoms with van der Waals surface area (Å²) in [6.07, 6.45) is 37.7. The van der Waals surface area contributed by atoms with E-state index in [1.54, 1.807) is 0 Å². The Hall–Kier alpha value is -2.60. The fourth-order valence-corrected chi connectivity index (χ4v) is 10.1. The van der Waals surface area contributed by atoms with E-state index in [4.69, 9.17) is 18.9 Å². The van der Waals surface area contributed by atoms with E-state index in [1.807, 2.05) is 9.80 Å². The van der Waals surface area contributed by atoms with Crippen molar-refractivity contribution in [2.24, 2.45) is 11.8 Å². The topological polar surface area (TPSA) is 118 Å². The smallest absolute Gasteiger partial charge is 0.409 e. The van der Waals surface area contributed by atoms with Gasteiger partial charge in [-0.05, 0) is 115 Å². The van der Waals surface area contributed by atoms with Gasteiger partial charge in [-0.3, -0.25) is 14.5 Å². The third-order valence-electron chi connectivity index (χ3n) is 15.4. The normalized spacial score (nSPS) is 11.6. The highest BCUT2D eigenvalue weighted by atomic mass is 16.6. The number of carbonyl (C=O) groups is 4. The van der Waals surface area contributed by atoms with Gasteiger partial charge in [0.15, 0.2) is 0 Å². The van der Waals surface area contributed by atoms with Gasteiger partial charge in [0.1, 0.15) is 13.2 Å². The first-order valence-electron chi connectivity index (χ1n) is 32.7. The van der Waals surface area contributed by atoms with E-state index in [2.05, 4.69) is 65.2 Å². The van der Waals surface area contributed by atoms with E-state index >= 15 is 0 Å². The number of carbonyl (C=O) groups excluding carboxylic acids is 4. The number of ether oxygens (including phenoxy) is 4. The minimum absolute atomic E-state index is 0.127. The summed E-state index contributed by atoms with van der Waals surface area (Å²) in [5.41, 5.74) is 0. The Morgan fingerprint density at radius 1 is 0.303 bits per heavy atom. The molecule has 0 atom stereocenters. The first kappa shape index (κ1) is 73.4. The molecule has 0 radical (unpaired) electrons. The SMILES string of the molecule is CCCCCCCCN(CCCCC(=O)OCC(CCCCC)CCCCC)C(=O)OCCN(CCCCN(CC)CC)CCOC(=O)N(CCCCCCCC)CCCCC(=O)OCC(CCCCC)CCCCC. The highest BCUT2D eigenvalue weighted by Gasteiger charge is 2.20. The Kier molecular flexibility index (Phi) is 53.8. The third kappa shape index (κ3) is 45.3. The van der Waals surface area contributed by atoms with Crippen molar-refractivity contribution in [2.45, 2.75) is 287 Å². The molecular weight excluding hydrogens is 953 g/mol. The predicted octanol–water partition coefficient (Wildman–Crippen LogP) is 17.0. The first-order valence-corrected chi connectivity index (χ1v) is 32.7. The van der Waals surface area contributed by atoms with Crippen molar-refractivity contribution in [3.05, 3.63) is 0 Å². The minimum atomic E-state index is -0.293. The summed E-state index contributed by atoms with van der Waals surface area (Å²) in [7, 11) is 0. The molecule has 0 aromatic rings. The molecule has 0 aromatic heterocycles. The highest BCUT2D eigenvalue weighted by molar-refractivity contribution is 5.70. The van der Waals surface area contributed by atoms with Crippen LogP contribution in [-0.2, 0) is 28.5 Å². The van der Waals surface area contributed by atoms with E-state index < -0.39 is 0 Å². The Balaban J connectivity index is 5.58. The molecule has 0 aliphatic carbocycles. The van der Waals surface area contributed by atoms with E-state index in [-0.39, 0.29) is 37.3 Å². The summed E-state index contributed by atoms with van der Waals surface area (Å²) in [5.74, 6) is 0.639. The lowest BCUT2D eigenvalue weighted by Gasteiger charge is -2.26. The highest BCUT2D eigenvalue weighted by Crippen LogP contribution is 2.21. The lowest BCUT2D eigenvalue weighted by Crippen LogP contribution is -2.38. The molecule has 0 rings (SSSR count). The minimum Gasteiger partial charge on any atom is -0.465 e. The summed E-state index contributed by atoms with van der Waals surface area (Å²) in [6, 6.07) is 0. The molecule has 0 unspecified atom stereocenters. The second-order valence-electron chi connectivity index (χ2n) is 22.3. The van der Waals surface area contributed by atoms with Crippen LogP contribution < -0.4 is 0 Å². The maximum Gasteiger partial charge on any atom is 0.409 e. The van der Waals surface area contributed by atoms with Crippen LogP contribution in [-0.4, -0.2) is 136 Å². The number of amides is 2. The van der Waals surface area contributed by atoms with Gasteiger partial charge in [0, 0.05) is 52.1 Å². The summed E-state index contributed by atoms with van der Waals surface area (Å²) in [6.45, 7) is 26.8. The van der Waals surface area contributed by atoms with Gasteiger partial charge in [0.05, 0.1) is 13.2 Å². The van der Waals surface area contributed by atoms with Crippen LogP contribution in [0.2, 0.25) is 0 Å². The van der Waals surface area contributed by atoms with Gasteiger partial charge in [-0.2, -0.15) is 0 Å². The maximum absolute atomic E-state index is 13.7. The van der Waals surface area contributed by atoms with Crippen molar-refractivity contribution in [1.82, 2.24) is 19.6 Å². The van der Waals surface area contributed by atoms with Crippen LogP contribution in [0.25, 0.3) is 0 Å². The maximum atomic E-state index is 13.7. The molecule has 12 heteroatoms. The molecule has 0 saturated carbocycles. The number of unbranched alkanes of at least 4 members (excludes halogenated alkanes) is 21. The molecule has 0 saturated heterocycles. The van der Waals surface area contributed by atoms with Gasteiger partial charge in [-0.1, -0.05) is 197 Å². The molecule has 12 nitrogen and oxygen atoms in total. The largest absolute Gasteiger partial charge is 0.465 e. The van der Waals surface area contributed by atoms with Crippen molar-refractivity contribution in [3.63, 3.8) is 0 Å². The standard InChI is InChI=1S/C64H126N4O8/c1-9-17-23-25-27-35-49-67(51-37-33-45-61(69)75-57-59(41-29-19-11-3)42-30-20-12-4)63(71)73-55-53-66(48-40-39-47-65(15-7)16-8)54-56-74-64(72)68(50-36-28-26-24-18-10-2)52-38-34-46-62(70)76-58-60(43-31-21-13-5)44-32-22-14-6/h59-60H,9-58H2,1-8H3. The average molecular weight is 1080 g/mol. The first-order chi connectivity index (χ1) is 37.1. The van der Waals surface area contributed by atoms with Gasteiger partial charge in [-0.15, -0.1) is 0 Å². The van der Waals surface area contributed by atoms with Crippen molar-refractivity contribution in [3.8, 4) is 0 Å². The van der Waals surface area contributed by atoms with Crippen LogP contribution in [0.5, 0.6) is 0 Å². The number of nitrogens with zero attached hydrogens (tertiary/aromatic N) is 4. The van der Waals surface area contributed by atoms with Gasteiger partial charge in [-0.25, -0.2) is 9.59 Å². The number of hydrogen-bond acceptors (Lipinski definition) is 10. The number of esters is 2. The zero-order valence-corrected chi connectivity index (χ0v) is 51.6. The summed E-state index contributed by atoms with van der Waals surface area (Å²) >= 11 is 0. The Morgan fingerprint density at radius 3 is 0.934 bits per heavy atom. The molecule has 0 aliphatic heterocycles. The van der Waals surface area contributed by atoms with Crippen LogP contribution >= 0.6 is 0 Å². The molecule has 450 valence electrons. The van der Waals surface area contributed by atoms with Crippen LogP contribution in [0.3, 0.4) is 0 Å². The van der Waals surface area contributed by atoms with E-state index in [1.165, 1.54) is 128 Å². The molecule has 0 spiro atoms. The monoisotopic (exact) mass is 1080 g/mol. The fraction of sp³-hybridized carbons (Fsp3) is 0.938. The molecule has 76 heavy (non-hydrogen) atoms. The summed E-state index contributed by atoms with van der Waals surface area (Å²) < 4.78 is 23.7. The van der Waals surface area contributed by atoms with Crippen molar-refractivity contribution >= 4 is 24.1 Å². The molecule has 0 fully saturated rings. The van der Waals surface area contributed by atoms with Crippen LogP contribution in [0, 0.1) is 11.8 Å². The van der Waals surface area contributed by atoms with Gasteiger partial charge < -0.3 is 33.6 Å². The number of hydrogen-bond donors (Lipinski definition) is 0. The molecule has 0 bridgehead atoms. The molecule has 2 amide bonds. The van der Waals surface area contributed by atoms with Crippen LogP contribution in [0.4, 0.5) is 9.59 Å². The third-order valence-corrected chi connectivity index (χ3v) is 15.4. The second kappa shape index (κ2) is 55.7.